The molecular formula is C24H20F3N5O4. The molecule has 1 N–H and O–H groups in total. The van der Waals surface area contributed by atoms with E-state index in [0.717, 1.165) is 0 Å². The Morgan fingerprint density at radius 3 is 2.67 bits per heavy atom. The van der Waals surface area contributed by atoms with Crippen molar-refractivity contribution in [2.24, 2.45) is 0 Å². The van der Waals surface area contributed by atoms with Crippen molar-refractivity contribution in [1.82, 2.24) is 9.78 Å². The number of carbonyl (C=O) groups is 2. The second-order valence-corrected chi connectivity index (χ2v) is 7.90. The number of nitrogens with zero attached hydrogens (tertiary/aromatic N) is 4. The fraction of sp³-hybridized carbons (Fsp3) is 0.250. The van der Waals surface area contributed by atoms with E-state index in [0.29, 0.717) is 29.2 Å². The molecule has 12 heteroatoms. The van der Waals surface area contributed by atoms with E-state index < -0.39 is 24.8 Å². The number of aromatic nitrogens is 2. The van der Waals surface area contributed by atoms with Crippen molar-refractivity contribution >= 4 is 23.2 Å². The van der Waals surface area contributed by atoms with Crippen LogP contribution in [0.3, 0.4) is 0 Å². The summed E-state index contributed by atoms with van der Waals surface area (Å²) in [6.07, 6.45) is -3.40. The second kappa shape index (κ2) is 10.1. The number of nitrogens with one attached hydrogen (secondary N) is 1. The van der Waals surface area contributed by atoms with Crippen molar-refractivity contribution in [2.45, 2.75) is 25.9 Å². The number of fused-ring (bicyclic) bond motifs is 1. The molecule has 0 aliphatic carbocycles. The molecule has 1 unspecified atom stereocenters. The molecule has 2 aromatic carbocycles. The maximum atomic E-state index is 13.4. The number of hydrogen-bond acceptors (Lipinski definition) is 6. The first kappa shape index (κ1) is 24.7. The predicted octanol–water partition coefficient (Wildman–Crippen LogP) is 3.97. The Balaban J connectivity index is 1.49. The number of halogens is 3. The number of nitriles is 1. The summed E-state index contributed by atoms with van der Waals surface area (Å²) in [5, 5.41) is 15.9. The lowest BCUT2D eigenvalue weighted by atomic mass is 10.1. The molecule has 36 heavy (non-hydrogen) atoms. The van der Waals surface area contributed by atoms with Gasteiger partial charge in [0.15, 0.2) is 0 Å². The lowest BCUT2D eigenvalue weighted by Crippen LogP contribution is -2.47. The average molecular weight is 499 g/mol. The summed E-state index contributed by atoms with van der Waals surface area (Å²) in [6.45, 7) is 1.22. The van der Waals surface area contributed by atoms with Crippen LogP contribution in [0.5, 0.6) is 5.75 Å². The number of alkyl halides is 3. The molecule has 3 aromatic rings. The molecule has 1 atom stereocenters. The molecule has 1 aromatic heterocycles. The summed E-state index contributed by atoms with van der Waals surface area (Å²) in [4.78, 5) is 27.9. The van der Waals surface area contributed by atoms with Crippen LogP contribution in [0.4, 0.5) is 24.5 Å². The molecule has 4 rings (SSSR count). The molecule has 0 saturated carbocycles. The number of carbonyl (C=O) groups excluding carboxylic acids is 2. The zero-order chi connectivity index (χ0) is 25.9. The van der Waals surface area contributed by atoms with Gasteiger partial charge in [0.2, 0.25) is 0 Å². The molecule has 0 spiro atoms. The van der Waals surface area contributed by atoms with Crippen molar-refractivity contribution in [3.05, 3.63) is 71.5 Å². The van der Waals surface area contributed by atoms with Crippen LogP contribution in [-0.2, 0) is 11.3 Å². The first-order valence-corrected chi connectivity index (χ1v) is 10.8. The first-order valence-electron chi connectivity index (χ1n) is 10.8. The molecule has 2 amide bonds. The van der Waals surface area contributed by atoms with Gasteiger partial charge in [-0.1, -0.05) is 6.07 Å². The minimum Gasteiger partial charge on any atom is -0.491 e. The maximum absolute atomic E-state index is 13.4. The third kappa shape index (κ3) is 5.47. The highest BCUT2D eigenvalue weighted by atomic mass is 19.4. The zero-order valence-electron chi connectivity index (χ0n) is 19.0. The lowest BCUT2D eigenvalue weighted by molar-refractivity contribution is -0.325. The summed E-state index contributed by atoms with van der Waals surface area (Å²) in [5.74, 6) is -0.667. The highest BCUT2D eigenvalue weighted by molar-refractivity contribution is 6.15. The van der Waals surface area contributed by atoms with E-state index in [1.807, 2.05) is 13.0 Å². The summed E-state index contributed by atoms with van der Waals surface area (Å²) in [6, 6.07) is 14.4. The molecule has 186 valence electrons. The summed E-state index contributed by atoms with van der Waals surface area (Å²) in [7, 11) is 0. The Hall–Kier alpha value is -4.37. The van der Waals surface area contributed by atoms with Gasteiger partial charge < -0.3 is 15.0 Å². The largest absolute Gasteiger partial charge is 0.522 e. The van der Waals surface area contributed by atoms with Crippen molar-refractivity contribution in [2.75, 3.05) is 23.4 Å². The normalized spacial score (nSPS) is 15.2. The second-order valence-electron chi connectivity index (χ2n) is 7.90. The van der Waals surface area contributed by atoms with Crippen LogP contribution in [-0.4, -0.2) is 47.2 Å². The van der Waals surface area contributed by atoms with Gasteiger partial charge in [-0.05, 0) is 49.4 Å². The van der Waals surface area contributed by atoms with Crippen molar-refractivity contribution < 1.29 is 32.2 Å². The quantitative estimate of drug-likeness (QED) is 0.493. The van der Waals surface area contributed by atoms with Crippen LogP contribution in [0.1, 0.15) is 33.3 Å². The van der Waals surface area contributed by atoms with Crippen molar-refractivity contribution in [3.63, 3.8) is 0 Å². The fourth-order valence-corrected chi connectivity index (χ4v) is 3.82. The maximum Gasteiger partial charge on any atom is 0.522 e. The number of hydrogen-bond donors (Lipinski definition) is 1. The van der Waals surface area contributed by atoms with E-state index in [4.69, 9.17) is 10.00 Å². The van der Waals surface area contributed by atoms with Crippen LogP contribution in [0.2, 0.25) is 0 Å². The van der Waals surface area contributed by atoms with Gasteiger partial charge in [-0.2, -0.15) is 10.4 Å². The Kier molecular flexibility index (Phi) is 6.93. The van der Waals surface area contributed by atoms with E-state index in [9.17, 15) is 22.8 Å². The van der Waals surface area contributed by atoms with Crippen LogP contribution < -0.4 is 15.0 Å². The molecule has 0 bridgehead atoms. The van der Waals surface area contributed by atoms with Crippen molar-refractivity contribution in [1.29, 1.82) is 5.26 Å². The molecular weight excluding hydrogens is 479 g/mol. The lowest BCUT2D eigenvalue weighted by Gasteiger charge is -2.34. The van der Waals surface area contributed by atoms with E-state index in [1.54, 1.807) is 30.3 Å². The summed E-state index contributed by atoms with van der Waals surface area (Å²) in [5.41, 5.74) is 1.51. The van der Waals surface area contributed by atoms with Gasteiger partial charge in [0.1, 0.15) is 18.1 Å². The zero-order valence-corrected chi connectivity index (χ0v) is 19.0. The third-order valence-corrected chi connectivity index (χ3v) is 5.37. The van der Waals surface area contributed by atoms with Gasteiger partial charge in [-0.25, -0.2) is 0 Å². The molecule has 1 aliphatic heterocycles. The third-order valence-electron chi connectivity index (χ3n) is 5.37. The Bertz CT molecular complexity index is 1310. The number of anilines is 2. The van der Waals surface area contributed by atoms with Gasteiger partial charge in [-0.15, -0.1) is 13.2 Å². The van der Waals surface area contributed by atoms with Crippen LogP contribution >= 0.6 is 0 Å². The van der Waals surface area contributed by atoms with Crippen LogP contribution in [0, 0.1) is 11.3 Å². The highest BCUT2D eigenvalue weighted by Gasteiger charge is 2.36. The first-order chi connectivity index (χ1) is 17.2. The van der Waals surface area contributed by atoms with Crippen LogP contribution in [0.25, 0.3) is 0 Å². The Labute approximate surface area is 203 Å². The summed E-state index contributed by atoms with van der Waals surface area (Å²) >= 11 is 0. The molecule has 0 fully saturated rings. The van der Waals surface area contributed by atoms with Gasteiger partial charge in [0, 0.05) is 11.4 Å². The van der Waals surface area contributed by atoms with E-state index >= 15 is 0 Å². The molecule has 9 nitrogen and oxygen atoms in total. The monoisotopic (exact) mass is 499 g/mol. The molecule has 0 saturated heterocycles. The fourth-order valence-electron chi connectivity index (χ4n) is 3.82. The molecule has 2 heterocycles. The van der Waals surface area contributed by atoms with E-state index in [1.165, 1.54) is 34.0 Å². The van der Waals surface area contributed by atoms with Crippen LogP contribution in [0.15, 0.2) is 54.7 Å². The minimum absolute atomic E-state index is 0.0869. The number of amides is 2. The minimum atomic E-state index is -4.72. The SMILES string of the molecule is CC1Cn2ncc(C(=O)Nc3cccc(C#N)c3)c2C(=O)N1c1ccc(OCCOC(F)(F)F)cc1. The topological polar surface area (TPSA) is 109 Å². The van der Waals surface area contributed by atoms with Gasteiger partial charge in [0.05, 0.1) is 42.6 Å². The van der Waals surface area contributed by atoms with Gasteiger partial charge >= 0.3 is 6.36 Å². The van der Waals surface area contributed by atoms with Crippen molar-refractivity contribution in [3.8, 4) is 11.8 Å². The average Bonchev–Trinajstić information content (AvgIpc) is 3.26. The summed E-state index contributed by atoms with van der Waals surface area (Å²) < 4.78 is 46.6. The van der Waals surface area contributed by atoms with Gasteiger partial charge in [0.25, 0.3) is 11.8 Å². The standard InChI is InChI=1S/C24H20F3N5O4/c1-15-14-31-21(20(13-29-31)22(33)30-17-4-2-3-16(11-17)12-28)23(34)32(15)18-5-7-19(8-6-18)35-9-10-36-24(25,26)27/h2-8,11,13,15H,9-10,14H2,1H3,(H,30,33). The predicted molar refractivity (Wildman–Crippen MR) is 122 cm³/mol. The molecule has 0 radical (unpaired) electrons. The van der Waals surface area contributed by atoms with E-state index in [-0.39, 0.29) is 23.9 Å². The number of ether oxygens (including phenoxy) is 2. The molecule has 1 aliphatic rings. The highest BCUT2D eigenvalue weighted by Crippen LogP contribution is 2.29. The Morgan fingerprint density at radius 1 is 1.22 bits per heavy atom. The Morgan fingerprint density at radius 2 is 1.97 bits per heavy atom. The van der Waals surface area contributed by atoms with Gasteiger partial charge in [-0.3, -0.25) is 19.0 Å². The van der Waals surface area contributed by atoms with E-state index in [2.05, 4.69) is 15.2 Å². The number of rotatable bonds is 7. The smallest absolute Gasteiger partial charge is 0.491 e. The number of benzene rings is 2.